The maximum Gasteiger partial charge on any atom is 0.311 e. The number of nitrogens with zero attached hydrogens (tertiary/aromatic N) is 1. The van der Waals surface area contributed by atoms with Gasteiger partial charge in [-0.2, -0.15) is 0 Å². The van der Waals surface area contributed by atoms with E-state index in [1.807, 2.05) is 32.8 Å². The molecule has 0 spiro atoms. The molecule has 0 aromatic carbocycles. The first-order valence-electron chi connectivity index (χ1n) is 18.7. The third-order valence-corrected chi connectivity index (χ3v) is 12.2. The van der Waals surface area contributed by atoms with Crippen LogP contribution in [0.1, 0.15) is 94.9 Å². The molecular weight excluding hydrogens is 664 g/mol. The van der Waals surface area contributed by atoms with Gasteiger partial charge in [0.2, 0.25) is 0 Å². The Morgan fingerprint density at radius 1 is 0.922 bits per heavy atom. The zero-order valence-corrected chi connectivity index (χ0v) is 33.2. The Balaban J connectivity index is 2.18. The summed E-state index contributed by atoms with van der Waals surface area (Å²) >= 11 is 0. The lowest BCUT2D eigenvalue weighted by atomic mass is 9.72. The van der Waals surface area contributed by atoms with Gasteiger partial charge in [0.15, 0.2) is 12.6 Å². The summed E-state index contributed by atoms with van der Waals surface area (Å²) in [5.74, 6) is -3.57. The summed E-state index contributed by atoms with van der Waals surface area (Å²) < 4.78 is 37.3. The van der Waals surface area contributed by atoms with E-state index in [0.717, 1.165) is 0 Å². The molecule has 3 fully saturated rings. The molecule has 0 bridgehead atoms. The number of cyclic esters (lactones) is 1. The van der Waals surface area contributed by atoms with Gasteiger partial charge in [-0.05, 0) is 80.8 Å². The number of nitrogens with two attached hydrogens (primary N) is 1. The van der Waals surface area contributed by atoms with E-state index in [-0.39, 0.29) is 31.4 Å². The van der Waals surface area contributed by atoms with E-state index in [1.165, 1.54) is 14.0 Å². The number of carbonyl (C=O) groups is 1. The molecule has 0 amide bonds. The van der Waals surface area contributed by atoms with Crippen LogP contribution in [0.5, 0.6) is 0 Å². The van der Waals surface area contributed by atoms with E-state index in [9.17, 15) is 30.3 Å². The Labute approximate surface area is 305 Å². The minimum atomic E-state index is -1.85. The van der Waals surface area contributed by atoms with Crippen LogP contribution in [0.15, 0.2) is 0 Å². The normalized spacial score (nSPS) is 51.2. The second-order valence-electron chi connectivity index (χ2n) is 16.8. The summed E-state index contributed by atoms with van der Waals surface area (Å²) in [7, 11) is 5.24. The zero-order chi connectivity index (χ0) is 39.0. The van der Waals surface area contributed by atoms with Crippen molar-refractivity contribution in [2.45, 2.75) is 185 Å². The van der Waals surface area contributed by atoms with Crippen molar-refractivity contribution in [3.63, 3.8) is 0 Å². The Morgan fingerprint density at radius 3 is 2.08 bits per heavy atom. The number of carbonyl (C=O) groups excluding carboxylic acids is 1. The first kappa shape index (κ1) is 44.4. The molecule has 3 aliphatic heterocycles. The molecule has 14 nitrogen and oxygen atoms in total. The number of esters is 1. The summed E-state index contributed by atoms with van der Waals surface area (Å²) in [4.78, 5) is 16.0. The van der Waals surface area contributed by atoms with Gasteiger partial charge in [0.05, 0.1) is 47.6 Å². The number of ether oxygens (including phenoxy) is 6. The molecule has 0 aromatic rings. The van der Waals surface area contributed by atoms with Gasteiger partial charge in [-0.3, -0.25) is 4.79 Å². The van der Waals surface area contributed by atoms with Crippen molar-refractivity contribution in [3.05, 3.63) is 0 Å². The first-order valence-corrected chi connectivity index (χ1v) is 18.7. The molecule has 0 aliphatic carbocycles. The van der Waals surface area contributed by atoms with Gasteiger partial charge in [0.1, 0.15) is 23.9 Å². The summed E-state index contributed by atoms with van der Waals surface area (Å²) in [5, 5.41) is 58.0. The van der Waals surface area contributed by atoms with Crippen LogP contribution in [0.3, 0.4) is 0 Å². The van der Waals surface area contributed by atoms with Crippen LogP contribution >= 0.6 is 0 Å². The third-order valence-electron chi connectivity index (χ3n) is 12.2. The average molecular weight is 735 g/mol. The maximum absolute atomic E-state index is 14.1. The van der Waals surface area contributed by atoms with Gasteiger partial charge in [-0.15, -0.1) is 0 Å². The topological polar surface area (TPSA) is 203 Å². The van der Waals surface area contributed by atoms with Gasteiger partial charge in [-0.25, -0.2) is 0 Å². The van der Waals surface area contributed by atoms with Crippen molar-refractivity contribution in [2.75, 3.05) is 21.2 Å². The molecule has 3 aliphatic rings. The predicted molar refractivity (Wildman–Crippen MR) is 189 cm³/mol. The fourth-order valence-electron chi connectivity index (χ4n) is 8.63. The lowest BCUT2D eigenvalue weighted by Gasteiger charge is -2.49. The average Bonchev–Trinajstić information content (AvgIpc) is 3.05. The number of hydrogen-bond donors (Lipinski definition) is 6. The van der Waals surface area contributed by atoms with Gasteiger partial charge in [-0.1, -0.05) is 27.7 Å². The second kappa shape index (κ2) is 17.2. The minimum Gasteiger partial charge on any atom is -0.459 e. The summed E-state index contributed by atoms with van der Waals surface area (Å²) in [6, 6.07) is -0.983. The second-order valence-corrected chi connectivity index (χ2v) is 16.8. The highest BCUT2D eigenvalue weighted by Gasteiger charge is 2.53. The number of hydrogen-bond acceptors (Lipinski definition) is 14. The van der Waals surface area contributed by atoms with Crippen molar-refractivity contribution in [1.29, 1.82) is 0 Å². The molecule has 19 atom stereocenters. The number of likely N-dealkylation sites (N-methyl/N-ethyl adjacent to an activating group) is 1. The van der Waals surface area contributed by atoms with E-state index >= 15 is 0 Å². The monoisotopic (exact) mass is 734 g/mol. The van der Waals surface area contributed by atoms with Crippen molar-refractivity contribution in [3.8, 4) is 0 Å². The number of rotatable bonds is 7. The Kier molecular flexibility index (Phi) is 15.0. The molecule has 14 heteroatoms. The molecule has 3 saturated heterocycles. The predicted octanol–water partition coefficient (Wildman–Crippen LogP) is 1.54. The first-order chi connectivity index (χ1) is 23.4. The smallest absolute Gasteiger partial charge is 0.311 e. The van der Waals surface area contributed by atoms with Gasteiger partial charge in [0, 0.05) is 37.5 Å². The van der Waals surface area contributed by atoms with E-state index in [4.69, 9.17) is 34.2 Å². The van der Waals surface area contributed by atoms with Crippen molar-refractivity contribution < 1.29 is 58.7 Å². The number of aliphatic hydroxyl groups excluding tert-OH is 3. The van der Waals surface area contributed by atoms with Crippen molar-refractivity contribution >= 4 is 5.97 Å². The van der Waals surface area contributed by atoms with Crippen LogP contribution in [0.25, 0.3) is 0 Å². The number of aliphatic hydroxyl groups is 5. The maximum atomic E-state index is 14.1. The summed E-state index contributed by atoms with van der Waals surface area (Å²) in [6.45, 7) is 17.2. The van der Waals surface area contributed by atoms with Gasteiger partial charge in [0.25, 0.3) is 0 Å². The van der Waals surface area contributed by atoms with Crippen LogP contribution in [-0.2, 0) is 33.2 Å². The third kappa shape index (κ3) is 9.63. The van der Waals surface area contributed by atoms with Gasteiger partial charge >= 0.3 is 5.97 Å². The lowest BCUT2D eigenvalue weighted by Crippen LogP contribution is -2.62. The van der Waals surface area contributed by atoms with Crippen LogP contribution in [0.2, 0.25) is 0 Å². The molecule has 7 N–H and O–H groups in total. The fraction of sp³-hybridized carbons (Fsp3) is 0.973. The Bertz CT molecular complexity index is 1130. The Morgan fingerprint density at radius 2 is 1.53 bits per heavy atom. The molecule has 0 radical (unpaired) electrons. The van der Waals surface area contributed by atoms with Crippen LogP contribution in [-0.4, -0.2) is 148 Å². The molecule has 0 aromatic heterocycles. The quantitative estimate of drug-likeness (QED) is 0.206. The molecule has 51 heavy (non-hydrogen) atoms. The molecule has 0 unspecified atom stereocenters. The largest absolute Gasteiger partial charge is 0.459 e. The molecule has 3 heterocycles. The van der Waals surface area contributed by atoms with Crippen molar-refractivity contribution in [1.82, 2.24) is 4.90 Å². The van der Waals surface area contributed by atoms with E-state index in [0.29, 0.717) is 6.42 Å². The fourth-order valence-corrected chi connectivity index (χ4v) is 8.63. The molecule has 0 saturated carbocycles. The lowest BCUT2D eigenvalue weighted by molar-refractivity contribution is -0.318. The highest BCUT2D eigenvalue weighted by Crippen LogP contribution is 2.41. The van der Waals surface area contributed by atoms with Crippen LogP contribution in [0, 0.1) is 23.7 Å². The SMILES string of the molecule is CC[C@H]1OC(=O)[C@H](C)[C@@H](O[C@H]2C[C@@](C)(OC)[C@@H](O)[C@H](C)O2)[C@H](C)[C@@H](O[C@@H]2O[C@H](C)C[C@H](N(C)C)[C@H]2O)[C@@](C)(O)C[C@@H](C)[C@H](N)[C@H](C)[C@@H](O)[C@]1(C)O. The number of methoxy groups -OCH3 is 1. The van der Waals surface area contributed by atoms with E-state index < -0.39 is 108 Å². The highest BCUT2D eigenvalue weighted by molar-refractivity contribution is 5.73. The standard InChI is InChI=1S/C37H70N2O12/c1-14-25-37(10,45)30(41)20(4)27(38)18(2)16-35(8,44)32(51-34-28(40)24(39(11)12)15-19(3)47-34)21(5)29(22(6)33(43)49-25)50-26-17-36(9,46-13)31(42)23(7)48-26/h18-32,34,40-42,44-45H,14-17,38H2,1-13H3/t18-,19-,20+,21+,22-,23+,24+,25-,26+,27+,28-,29+,30-,31+,32-,34+,35+,36-,37-/m1/s1. The van der Waals surface area contributed by atoms with Crippen LogP contribution < -0.4 is 5.73 Å². The molecule has 300 valence electrons. The molecular formula is C37H70N2O12. The van der Waals surface area contributed by atoms with Crippen LogP contribution in [0.4, 0.5) is 0 Å². The molecule has 3 rings (SSSR count). The minimum absolute atomic E-state index is 0.0888. The van der Waals surface area contributed by atoms with E-state index in [2.05, 4.69) is 0 Å². The Hall–Kier alpha value is -1.01. The van der Waals surface area contributed by atoms with E-state index in [1.54, 1.807) is 48.5 Å². The summed E-state index contributed by atoms with van der Waals surface area (Å²) in [6.07, 6.45) is -8.68. The zero-order valence-electron chi connectivity index (χ0n) is 33.2. The van der Waals surface area contributed by atoms with Gasteiger partial charge < -0.3 is 64.6 Å². The van der Waals surface area contributed by atoms with Crippen molar-refractivity contribution in [2.24, 2.45) is 29.4 Å². The highest BCUT2D eigenvalue weighted by atomic mass is 16.7. The summed E-state index contributed by atoms with van der Waals surface area (Å²) in [5.41, 5.74) is 2.20.